The summed E-state index contributed by atoms with van der Waals surface area (Å²) in [5.41, 5.74) is 1.66. The van der Waals surface area contributed by atoms with E-state index in [1.165, 1.54) is 11.8 Å². The van der Waals surface area contributed by atoms with Crippen molar-refractivity contribution >= 4 is 50.5 Å². The summed E-state index contributed by atoms with van der Waals surface area (Å²) in [5, 5.41) is 3.35. The first-order valence-electron chi connectivity index (χ1n) is 8.80. The predicted octanol–water partition coefficient (Wildman–Crippen LogP) is 5.38. The van der Waals surface area contributed by atoms with Crippen LogP contribution in [0.5, 0.6) is 11.5 Å². The van der Waals surface area contributed by atoms with Gasteiger partial charge in [-0.1, -0.05) is 19.9 Å². The zero-order valence-corrected chi connectivity index (χ0v) is 18.3. The van der Waals surface area contributed by atoms with Gasteiger partial charge in [-0.3, -0.25) is 4.79 Å². The number of rotatable bonds is 6. The van der Waals surface area contributed by atoms with Gasteiger partial charge in [0.15, 0.2) is 5.17 Å². The minimum absolute atomic E-state index is 0.159. The van der Waals surface area contributed by atoms with Gasteiger partial charge in [-0.05, 0) is 81.6 Å². The maximum atomic E-state index is 12.3. The Bertz CT molecular complexity index is 924. The summed E-state index contributed by atoms with van der Waals surface area (Å²) in [7, 11) is 1.62. The molecule has 3 rings (SSSR count). The molecule has 0 aliphatic carbocycles. The Morgan fingerprint density at radius 3 is 2.61 bits per heavy atom. The van der Waals surface area contributed by atoms with Crippen LogP contribution in [0.1, 0.15) is 19.4 Å². The van der Waals surface area contributed by atoms with E-state index in [2.05, 4.69) is 40.1 Å². The van der Waals surface area contributed by atoms with Crippen molar-refractivity contribution in [2.45, 2.75) is 13.8 Å². The summed E-state index contributed by atoms with van der Waals surface area (Å²) < 4.78 is 11.8. The fraction of sp³-hybridized carbons (Fsp3) is 0.238. The summed E-state index contributed by atoms with van der Waals surface area (Å²) in [5.74, 6) is 1.85. The van der Waals surface area contributed by atoms with E-state index in [0.29, 0.717) is 22.6 Å². The summed E-state index contributed by atoms with van der Waals surface area (Å²) in [4.78, 5) is 17.3. The largest absolute Gasteiger partial charge is 0.497 e. The molecule has 0 unspecified atom stereocenters. The molecule has 28 heavy (non-hydrogen) atoms. The molecule has 0 radical (unpaired) electrons. The van der Waals surface area contributed by atoms with E-state index in [0.717, 1.165) is 27.2 Å². The third-order valence-electron chi connectivity index (χ3n) is 3.78. The van der Waals surface area contributed by atoms with Crippen molar-refractivity contribution in [1.82, 2.24) is 5.32 Å². The number of aliphatic imine (C=N–C) groups is 1. The third-order valence-corrected chi connectivity index (χ3v) is 5.31. The van der Waals surface area contributed by atoms with Crippen molar-refractivity contribution < 1.29 is 14.3 Å². The van der Waals surface area contributed by atoms with Gasteiger partial charge >= 0.3 is 0 Å². The highest BCUT2D eigenvalue weighted by atomic mass is 79.9. The van der Waals surface area contributed by atoms with Crippen LogP contribution >= 0.6 is 27.7 Å². The minimum atomic E-state index is -0.159. The first-order valence-corrected chi connectivity index (χ1v) is 10.4. The molecule has 7 heteroatoms. The normalized spacial score (nSPS) is 16.7. The molecule has 0 spiro atoms. The molecule has 0 atom stereocenters. The van der Waals surface area contributed by atoms with Crippen LogP contribution in [0.2, 0.25) is 0 Å². The van der Waals surface area contributed by atoms with Gasteiger partial charge < -0.3 is 14.8 Å². The Labute approximate surface area is 177 Å². The van der Waals surface area contributed by atoms with Gasteiger partial charge in [0.05, 0.1) is 28.8 Å². The monoisotopic (exact) mass is 460 g/mol. The van der Waals surface area contributed by atoms with Crippen LogP contribution in [0.25, 0.3) is 6.08 Å². The van der Waals surface area contributed by atoms with Crippen molar-refractivity contribution in [1.29, 1.82) is 0 Å². The van der Waals surface area contributed by atoms with E-state index in [1.807, 2.05) is 48.5 Å². The molecule has 0 saturated carbocycles. The molecule has 1 amide bonds. The molecule has 1 aliphatic rings. The Kier molecular flexibility index (Phi) is 6.80. The van der Waals surface area contributed by atoms with E-state index in [4.69, 9.17) is 9.47 Å². The number of thioether (sulfide) groups is 1. The van der Waals surface area contributed by atoms with Crippen LogP contribution in [0.15, 0.2) is 56.8 Å². The second kappa shape index (κ2) is 9.30. The third kappa shape index (κ3) is 5.39. The van der Waals surface area contributed by atoms with E-state index in [9.17, 15) is 4.79 Å². The summed E-state index contributed by atoms with van der Waals surface area (Å²) >= 11 is 4.85. The average molecular weight is 461 g/mol. The van der Waals surface area contributed by atoms with Gasteiger partial charge in [0, 0.05) is 0 Å². The van der Waals surface area contributed by atoms with Crippen LogP contribution in [-0.2, 0) is 4.79 Å². The van der Waals surface area contributed by atoms with Crippen molar-refractivity contribution in [3.05, 3.63) is 57.4 Å². The molecule has 1 heterocycles. The smallest absolute Gasteiger partial charge is 0.264 e. The lowest BCUT2D eigenvalue weighted by Crippen LogP contribution is -2.19. The summed E-state index contributed by atoms with van der Waals surface area (Å²) in [6.07, 6.45) is 1.84. The van der Waals surface area contributed by atoms with Crippen molar-refractivity contribution in [2.24, 2.45) is 10.9 Å². The average Bonchev–Trinajstić information content (AvgIpc) is 3.00. The number of hydrogen-bond donors (Lipinski definition) is 1. The van der Waals surface area contributed by atoms with Crippen LogP contribution in [-0.4, -0.2) is 24.8 Å². The number of hydrogen-bond acceptors (Lipinski definition) is 5. The van der Waals surface area contributed by atoms with E-state index in [1.54, 1.807) is 7.11 Å². The molecule has 5 nitrogen and oxygen atoms in total. The fourth-order valence-corrected chi connectivity index (χ4v) is 3.74. The number of benzene rings is 2. The zero-order valence-electron chi connectivity index (χ0n) is 15.9. The highest BCUT2D eigenvalue weighted by molar-refractivity contribution is 9.10. The zero-order chi connectivity index (χ0) is 20.1. The number of methoxy groups -OCH3 is 1. The topological polar surface area (TPSA) is 59.9 Å². The SMILES string of the molecule is COc1ccc(N=C2NC(=O)/C(=C/c3ccc(OCC(C)C)c(Br)c3)S2)cc1. The Hall–Kier alpha value is -2.25. The number of halogens is 1. The number of amidine groups is 1. The highest BCUT2D eigenvalue weighted by Crippen LogP contribution is 2.31. The molecule has 146 valence electrons. The van der Waals surface area contributed by atoms with E-state index < -0.39 is 0 Å². The first kappa shape index (κ1) is 20.5. The Morgan fingerprint density at radius 2 is 1.96 bits per heavy atom. The molecule has 0 aromatic heterocycles. The molecule has 1 fully saturated rings. The number of nitrogens with zero attached hydrogens (tertiary/aromatic N) is 1. The second-order valence-electron chi connectivity index (χ2n) is 6.57. The lowest BCUT2D eigenvalue weighted by atomic mass is 10.2. The summed E-state index contributed by atoms with van der Waals surface area (Å²) in [6, 6.07) is 13.1. The van der Waals surface area contributed by atoms with Gasteiger partial charge in [-0.15, -0.1) is 0 Å². The summed E-state index contributed by atoms with van der Waals surface area (Å²) in [6.45, 7) is 4.86. The Balaban J connectivity index is 1.73. The number of carbonyl (C=O) groups excluding carboxylic acids is 1. The van der Waals surface area contributed by atoms with E-state index >= 15 is 0 Å². The molecule has 0 bridgehead atoms. The lowest BCUT2D eigenvalue weighted by molar-refractivity contribution is -0.115. The van der Waals surface area contributed by atoms with Gasteiger partial charge in [-0.2, -0.15) is 0 Å². The number of carbonyl (C=O) groups is 1. The number of ether oxygens (including phenoxy) is 2. The molecular formula is C21H21BrN2O3S. The maximum Gasteiger partial charge on any atom is 0.264 e. The molecule has 1 aliphatic heterocycles. The van der Waals surface area contributed by atoms with Gasteiger partial charge in [-0.25, -0.2) is 4.99 Å². The minimum Gasteiger partial charge on any atom is -0.497 e. The standard InChI is InChI=1S/C21H21BrN2O3S/c1-13(2)12-27-18-9-4-14(10-17(18)22)11-19-20(25)24-21(28-19)23-15-5-7-16(26-3)8-6-15/h4-11,13H,12H2,1-3H3,(H,23,24,25)/b19-11-. The van der Waals surface area contributed by atoms with Gasteiger partial charge in [0.25, 0.3) is 5.91 Å². The second-order valence-corrected chi connectivity index (χ2v) is 8.46. The molecular weight excluding hydrogens is 440 g/mol. The van der Waals surface area contributed by atoms with Crippen LogP contribution in [0.4, 0.5) is 5.69 Å². The maximum absolute atomic E-state index is 12.3. The lowest BCUT2D eigenvalue weighted by Gasteiger charge is -2.10. The van der Waals surface area contributed by atoms with Crippen LogP contribution in [0, 0.1) is 5.92 Å². The fourth-order valence-electron chi connectivity index (χ4n) is 2.39. The first-order chi connectivity index (χ1) is 13.4. The molecule has 1 saturated heterocycles. The van der Waals surface area contributed by atoms with Gasteiger partial charge in [0.1, 0.15) is 11.5 Å². The van der Waals surface area contributed by atoms with Crippen LogP contribution < -0.4 is 14.8 Å². The van der Waals surface area contributed by atoms with Crippen molar-refractivity contribution in [2.75, 3.05) is 13.7 Å². The predicted molar refractivity (Wildman–Crippen MR) is 118 cm³/mol. The molecule has 2 aromatic rings. The van der Waals surface area contributed by atoms with Crippen molar-refractivity contribution in [3.63, 3.8) is 0 Å². The molecule has 1 N–H and O–H groups in total. The Morgan fingerprint density at radius 1 is 1.21 bits per heavy atom. The quantitative estimate of drug-likeness (QED) is 0.587. The number of amides is 1. The number of nitrogens with one attached hydrogen (secondary N) is 1. The van der Waals surface area contributed by atoms with Gasteiger partial charge in [0.2, 0.25) is 0 Å². The highest BCUT2D eigenvalue weighted by Gasteiger charge is 2.23. The van der Waals surface area contributed by atoms with Crippen molar-refractivity contribution in [3.8, 4) is 11.5 Å². The van der Waals surface area contributed by atoms with Crippen LogP contribution in [0.3, 0.4) is 0 Å². The molecule has 2 aromatic carbocycles. The van der Waals surface area contributed by atoms with E-state index in [-0.39, 0.29) is 5.91 Å².